The Bertz CT molecular complexity index is 434. The normalized spacial score (nSPS) is 24.7. The lowest BCUT2D eigenvalue weighted by Crippen LogP contribution is -2.32. The summed E-state index contributed by atoms with van der Waals surface area (Å²) in [6.45, 7) is 3.42. The zero-order valence-corrected chi connectivity index (χ0v) is 12.7. The molecule has 18 heavy (non-hydrogen) atoms. The quantitative estimate of drug-likeness (QED) is 0.910. The van der Waals surface area contributed by atoms with Crippen molar-refractivity contribution in [1.82, 2.24) is 10.2 Å². The van der Waals surface area contributed by atoms with Crippen LogP contribution in [0.15, 0.2) is 22.7 Å². The Balaban J connectivity index is 1.50. The number of rotatable bonds is 4. The molecule has 0 radical (unpaired) electrons. The van der Waals surface area contributed by atoms with Crippen molar-refractivity contribution in [3.63, 3.8) is 0 Å². The highest BCUT2D eigenvalue weighted by Gasteiger charge is 2.33. The van der Waals surface area contributed by atoms with Gasteiger partial charge in [0.15, 0.2) is 0 Å². The van der Waals surface area contributed by atoms with Crippen molar-refractivity contribution in [3.05, 3.63) is 33.3 Å². The molecule has 0 amide bonds. The molecule has 1 heterocycles. The molecule has 1 aliphatic heterocycles. The molecule has 1 atom stereocenters. The Morgan fingerprint density at radius 1 is 1.33 bits per heavy atom. The van der Waals surface area contributed by atoms with E-state index in [1.165, 1.54) is 37.9 Å². The Hall–Kier alpha value is -0.0900. The van der Waals surface area contributed by atoms with Crippen LogP contribution in [0.5, 0.6) is 0 Å². The summed E-state index contributed by atoms with van der Waals surface area (Å²) in [7, 11) is 0. The Morgan fingerprint density at radius 3 is 2.89 bits per heavy atom. The van der Waals surface area contributed by atoms with Crippen LogP contribution < -0.4 is 5.32 Å². The minimum Gasteiger partial charge on any atom is -0.309 e. The van der Waals surface area contributed by atoms with E-state index in [1.807, 2.05) is 6.07 Å². The van der Waals surface area contributed by atoms with Gasteiger partial charge in [-0.05, 0) is 52.9 Å². The molecule has 1 aromatic rings. The molecule has 98 valence electrons. The number of halogens is 2. The van der Waals surface area contributed by atoms with Crippen LogP contribution in [0, 0.1) is 0 Å². The molecule has 4 heteroatoms. The second-order valence-corrected chi connectivity index (χ2v) is 6.60. The summed E-state index contributed by atoms with van der Waals surface area (Å²) >= 11 is 9.46. The molecular formula is C14H18BrClN2. The highest BCUT2D eigenvalue weighted by Crippen LogP contribution is 2.30. The van der Waals surface area contributed by atoms with Crippen molar-refractivity contribution in [1.29, 1.82) is 0 Å². The van der Waals surface area contributed by atoms with Crippen molar-refractivity contribution >= 4 is 27.5 Å². The van der Waals surface area contributed by atoms with E-state index in [9.17, 15) is 0 Å². The van der Waals surface area contributed by atoms with E-state index < -0.39 is 0 Å². The van der Waals surface area contributed by atoms with Crippen LogP contribution in [-0.2, 0) is 6.54 Å². The predicted molar refractivity (Wildman–Crippen MR) is 79.0 cm³/mol. The molecule has 3 rings (SSSR count). The van der Waals surface area contributed by atoms with E-state index >= 15 is 0 Å². The van der Waals surface area contributed by atoms with E-state index in [0.717, 1.165) is 22.1 Å². The van der Waals surface area contributed by atoms with Crippen molar-refractivity contribution in [2.24, 2.45) is 0 Å². The molecule has 0 bridgehead atoms. The number of nitrogens with one attached hydrogen (secondary N) is 1. The van der Waals surface area contributed by atoms with E-state index in [1.54, 1.807) is 0 Å². The lowest BCUT2D eigenvalue weighted by molar-refractivity contribution is 0.317. The first-order valence-corrected chi connectivity index (χ1v) is 7.81. The van der Waals surface area contributed by atoms with Crippen LogP contribution in [0.4, 0.5) is 0 Å². The largest absolute Gasteiger partial charge is 0.309 e. The molecule has 2 nitrogen and oxygen atoms in total. The summed E-state index contributed by atoms with van der Waals surface area (Å²) in [5.41, 5.74) is 1.29. The number of benzene rings is 1. The van der Waals surface area contributed by atoms with Crippen molar-refractivity contribution < 1.29 is 0 Å². The van der Waals surface area contributed by atoms with Gasteiger partial charge in [-0.15, -0.1) is 0 Å². The van der Waals surface area contributed by atoms with Gasteiger partial charge < -0.3 is 5.32 Å². The average molecular weight is 330 g/mol. The van der Waals surface area contributed by atoms with Crippen molar-refractivity contribution in [2.75, 3.05) is 13.1 Å². The monoisotopic (exact) mass is 328 g/mol. The summed E-state index contributed by atoms with van der Waals surface area (Å²) in [5, 5.41) is 4.43. The molecule has 1 aliphatic carbocycles. The third-order valence-electron chi connectivity index (χ3n) is 3.86. The molecule has 1 saturated carbocycles. The van der Waals surface area contributed by atoms with Crippen LogP contribution in [0.25, 0.3) is 0 Å². The van der Waals surface area contributed by atoms with Crippen molar-refractivity contribution in [2.45, 2.75) is 37.9 Å². The molecule has 1 saturated heterocycles. The van der Waals surface area contributed by atoms with Gasteiger partial charge in [-0.2, -0.15) is 0 Å². The topological polar surface area (TPSA) is 15.3 Å². The van der Waals surface area contributed by atoms with Gasteiger partial charge in [-0.25, -0.2) is 0 Å². The number of likely N-dealkylation sites (tertiary alicyclic amines) is 1. The molecule has 1 aromatic carbocycles. The van der Waals surface area contributed by atoms with E-state index in [0.29, 0.717) is 6.04 Å². The Labute approximate surface area is 122 Å². The zero-order valence-electron chi connectivity index (χ0n) is 10.3. The first-order valence-electron chi connectivity index (χ1n) is 6.64. The summed E-state index contributed by atoms with van der Waals surface area (Å²) < 4.78 is 0.981. The van der Waals surface area contributed by atoms with Gasteiger partial charge in [0.2, 0.25) is 0 Å². The molecule has 1 unspecified atom stereocenters. The molecular weight excluding hydrogens is 312 g/mol. The van der Waals surface area contributed by atoms with Gasteiger partial charge in [0.25, 0.3) is 0 Å². The molecule has 0 aromatic heterocycles. The number of hydrogen-bond donors (Lipinski definition) is 1. The van der Waals surface area contributed by atoms with Gasteiger partial charge in [-0.3, -0.25) is 4.90 Å². The maximum absolute atomic E-state index is 5.99. The first-order chi connectivity index (χ1) is 8.72. The Kier molecular flexibility index (Phi) is 3.94. The third-order valence-corrected chi connectivity index (χ3v) is 5.08. The fourth-order valence-corrected chi connectivity index (χ4v) is 3.18. The van der Waals surface area contributed by atoms with Crippen LogP contribution in [0.3, 0.4) is 0 Å². The Morgan fingerprint density at radius 2 is 2.17 bits per heavy atom. The maximum atomic E-state index is 5.99. The summed E-state index contributed by atoms with van der Waals surface area (Å²) in [5.74, 6) is 0. The second-order valence-electron chi connectivity index (χ2n) is 5.34. The minimum atomic E-state index is 0.653. The fourth-order valence-electron chi connectivity index (χ4n) is 2.64. The van der Waals surface area contributed by atoms with Crippen LogP contribution in [0.1, 0.15) is 24.8 Å². The van der Waals surface area contributed by atoms with Crippen LogP contribution in [-0.4, -0.2) is 30.1 Å². The predicted octanol–water partition coefficient (Wildman–Crippen LogP) is 3.43. The first kappa shape index (κ1) is 12.9. The highest BCUT2D eigenvalue weighted by molar-refractivity contribution is 9.10. The SMILES string of the molecule is Clc1ccc(CNC2CCN(C3CC3)C2)cc1Br. The highest BCUT2D eigenvalue weighted by atomic mass is 79.9. The average Bonchev–Trinajstić information content (AvgIpc) is 3.11. The second kappa shape index (κ2) is 5.49. The summed E-state index contributed by atoms with van der Waals surface area (Å²) in [6.07, 6.45) is 4.11. The third kappa shape index (κ3) is 3.08. The molecule has 2 aliphatic rings. The van der Waals surface area contributed by atoms with Gasteiger partial charge in [0.05, 0.1) is 5.02 Å². The summed E-state index contributed by atoms with van der Waals surface area (Å²) in [4.78, 5) is 2.63. The van der Waals surface area contributed by atoms with Gasteiger partial charge in [0, 0.05) is 36.2 Å². The van der Waals surface area contributed by atoms with Gasteiger partial charge >= 0.3 is 0 Å². The zero-order chi connectivity index (χ0) is 12.5. The van der Waals surface area contributed by atoms with E-state index in [4.69, 9.17) is 11.6 Å². The molecule has 2 fully saturated rings. The van der Waals surface area contributed by atoms with E-state index in [2.05, 4.69) is 38.3 Å². The molecule has 0 spiro atoms. The van der Waals surface area contributed by atoms with Crippen LogP contribution >= 0.6 is 27.5 Å². The minimum absolute atomic E-state index is 0.653. The molecule has 1 N–H and O–H groups in total. The smallest absolute Gasteiger partial charge is 0.0548 e. The van der Waals surface area contributed by atoms with Crippen molar-refractivity contribution in [3.8, 4) is 0 Å². The lowest BCUT2D eigenvalue weighted by atomic mass is 10.2. The fraction of sp³-hybridized carbons (Fsp3) is 0.571. The van der Waals surface area contributed by atoms with E-state index in [-0.39, 0.29) is 0 Å². The lowest BCUT2D eigenvalue weighted by Gasteiger charge is -2.16. The summed E-state index contributed by atoms with van der Waals surface area (Å²) in [6, 6.07) is 7.70. The number of nitrogens with zero attached hydrogens (tertiary/aromatic N) is 1. The standard InChI is InChI=1S/C14H18BrClN2/c15-13-7-10(1-4-14(13)16)8-17-11-5-6-18(9-11)12-2-3-12/h1,4,7,11-12,17H,2-3,5-6,8-9H2. The van der Waals surface area contributed by atoms with Gasteiger partial charge in [-0.1, -0.05) is 17.7 Å². The maximum Gasteiger partial charge on any atom is 0.0548 e. The van der Waals surface area contributed by atoms with Gasteiger partial charge in [0.1, 0.15) is 0 Å². The van der Waals surface area contributed by atoms with Crippen LogP contribution in [0.2, 0.25) is 5.02 Å². The number of hydrogen-bond acceptors (Lipinski definition) is 2.